The van der Waals surface area contributed by atoms with Crippen LogP contribution in [0.25, 0.3) is 0 Å². The van der Waals surface area contributed by atoms with Crippen molar-refractivity contribution in [1.82, 2.24) is 0 Å². The zero-order chi connectivity index (χ0) is 7.99. The Morgan fingerprint density at radius 3 is 1.90 bits per heavy atom. The second-order valence-electron chi connectivity index (χ2n) is 1.87. The van der Waals surface area contributed by atoms with Crippen LogP contribution >= 0.6 is 0 Å². The molecule has 0 heterocycles. The number of rotatable bonds is 0. The lowest BCUT2D eigenvalue weighted by Gasteiger charge is -2.31. The first-order valence-corrected chi connectivity index (χ1v) is 2.31. The first-order chi connectivity index (χ1) is 4.42. The van der Waals surface area contributed by atoms with E-state index in [1.54, 1.807) is 0 Å². The van der Waals surface area contributed by atoms with Crippen LogP contribution < -0.4 is 0 Å². The van der Waals surface area contributed by atoms with E-state index in [1.165, 1.54) is 0 Å². The fourth-order valence-electron chi connectivity index (χ4n) is 0.567. The lowest BCUT2D eigenvalue weighted by molar-refractivity contribution is -0.176. The van der Waals surface area contributed by atoms with E-state index < -0.39 is 17.4 Å². The average Bonchev–Trinajstić information content (AvgIpc) is 1.83. The normalized spacial score (nSPS) is 26.1. The van der Waals surface area contributed by atoms with Gasteiger partial charge < -0.3 is 0 Å². The van der Waals surface area contributed by atoms with E-state index in [0.29, 0.717) is 0 Å². The molecule has 0 amide bonds. The summed E-state index contributed by atoms with van der Waals surface area (Å²) in [6.07, 6.45) is -0.0347. The number of hydrogen-bond donors (Lipinski definition) is 0. The van der Waals surface area contributed by atoms with Gasteiger partial charge in [-0.3, -0.25) is 0 Å². The second-order valence-corrected chi connectivity index (χ2v) is 1.87. The van der Waals surface area contributed by atoms with Crippen LogP contribution in [0.5, 0.6) is 0 Å². The van der Waals surface area contributed by atoms with E-state index in [0.717, 1.165) is 6.07 Å². The van der Waals surface area contributed by atoms with Crippen molar-refractivity contribution in [2.24, 2.45) is 0 Å². The predicted molar refractivity (Wildman–Crippen MR) is 23.6 cm³/mol. The van der Waals surface area contributed by atoms with Crippen LogP contribution in [0.2, 0.25) is 0 Å². The minimum absolute atomic E-state index is 0.0347. The third-order valence-corrected chi connectivity index (χ3v) is 1.20. The third kappa shape index (κ3) is 0.561. The van der Waals surface area contributed by atoms with Crippen molar-refractivity contribution in [3.63, 3.8) is 0 Å². The summed E-state index contributed by atoms with van der Waals surface area (Å²) in [5, 5.41) is 7.82. The number of nitrogens with zero attached hydrogens (tertiary/aromatic N) is 1. The monoisotopic (exact) mass is 151 g/mol. The van der Waals surface area contributed by atoms with Crippen LogP contribution in [0, 0.1) is 11.3 Å². The van der Waals surface area contributed by atoms with Gasteiger partial charge in [0.25, 0.3) is 0 Å². The number of halogens is 4. The highest BCUT2D eigenvalue weighted by atomic mass is 19.3. The molecule has 0 aromatic carbocycles. The Bertz CT molecular complexity index is 235. The molecule has 1 rings (SSSR count). The number of hydrogen-bond acceptors (Lipinski definition) is 1. The lowest BCUT2D eigenvalue weighted by Crippen LogP contribution is -2.48. The molecule has 0 aliphatic heterocycles. The Morgan fingerprint density at radius 2 is 1.80 bits per heavy atom. The van der Waals surface area contributed by atoms with Crippen molar-refractivity contribution in [2.45, 2.75) is 11.8 Å². The molecule has 0 bridgehead atoms. The summed E-state index contributed by atoms with van der Waals surface area (Å²) >= 11 is 0. The molecule has 0 saturated heterocycles. The van der Waals surface area contributed by atoms with E-state index in [1.807, 2.05) is 0 Å². The maximum Gasteiger partial charge on any atom is 0.348 e. The minimum atomic E-state index is -4.25. The van der Waals surface area contributed by atoms with Gasteiger partial charge in [-0.2, -0.15) is 22.8 Å². The van der Waals surface area contributed by atoms with Gasteiger partial charge in [0.05, 0.1) is 0 Å². The smallest absolute Gasteiger partial charge is 0.195 e. The Balaban J connectivity index is 3.02. The van der Waals surface area contributed by atoms with Gasteiger partial charge in [0.15, 0.2) is 0 Å². The SMILES string of the molecule is N#CC1=CC(F)(F)C1(F)F. The molecule has 10 heavy (non-hydrogen) atoms. The molecule has 0 spiro atoms. The number of nitriles is 1. The fraction of sp³-hybridized carbons (Fsp3) is 0.400. The molecule has 0 aromatic heterocycles. The molecular formula is C5HF4N. The summed E-state index contributed by atoms with van der Waals surface area (Å²) in [5.41, 5.74) is -1.16. The van der Waals surface area contributed by atoms with Crippen molar-refractivity contribution in [3.05, 3.63) is 11.6 Å². The second kappa shape index (κ2) is 1.51. The van der Waals surface area contributed by atoms with Crippen molar-refractivity contribution < 1.29 is 17.6 Å². The van der Waals surface area contributed by atoms with Gasteiger partial charge in [-0.1, -0.05) is 0 Å². The van der Waals surface area contributed by atoms with Gasteiger partial charge in [0.1, 0.15) is 11.6 Å². The molecule has 54 valence electrons. The van der Waals surface area contributed by atoms with Crippen LogP contribution in [-0.4, -0.2) is 11.8 Å². The molecule has 0 unspecified atom stereocenters. The maximum atomic E-state index is 11.9. The van der Waals surface area contributed by atoms with Gasteiger partial charge in [-0.25, -0.2) is 0 Å². The van der Waals surface area contributed by atoms with Crippen molar-refractivity contribution >= 4 is 0 Å². The molecule has 0 aromatic rings. The molecule has 0 atom stereocenters. The molecule has 1 aliphatic rings. The average molecular weight is 151 g/mol. The van der Waals surface area contributed by atoms with Gasteiger partial charge in [0.2, 0.25) is 0 Å². The van der Waals surface area contributed by atoms with Crippen LogP contribution in [0.3, 0.4) is 0 Å². The summed E-state index contributed by atoms with van der Waals surface area (Å²) in [6.45, 7) is 0. The summed E-state index contributed by atoms with van der Waals surface area (Å²) in [5.74, 6) is -8.38. The largest absolute Gasteiger partial charge is 0.348 e. The maximum absolute atomic E-state index is 11.9. The highest BCUT2D eigenvalue weighted by Crippen LogP contribution is 2.49. The minimum Gasteiger partial charge on any atom is -0.195 e. The van der Waals surface area contributed by atoms with Crippen molar-refractivity contribution in [3.8, 4) is 6.07 Å². The first-order valence-electron chi connectivity index (χ1n) is 2.31. The lowest BCUT2D eigenvalue weighted by atomic mass is 9.90. The standard InChI is InChI=1S/C5HF4N/c6-4(7)1-3(2-10)5(4,8)9/h1H. The van der Waals surface area contributed by atoms with E-state index in [2.05, 4.69) is 0 Å². The predicted octanol–water partition coefficient (Wildman–Crippen LogP) is 1.72. The highest BCUT2D eigenvalue weighted by molar-refractivity contribution is 5.44. The Hall–Kier alpha value is -1.05. The van der Waals surface area contributed by atoms with Gasteiger partial charge in [-0.05, 0) is 0 Å². The Labute approximate surface area is 53.6 Å². The number of allylic oxidation sites excluding steroid dienone is 2. The van der Waals surface area contributed by atoms with E-state index in [-0.39, 0.29) is 6.08 Å². The summed E-state index contributed by atoms with van der Waals surface area (Å²) in [6, 6.07) is 0.978. The first kappa shape index (κ1) is 7.06. The van der Waals surface area contributed by atoms with Gasteiger partial charge in [-0.15, -0.1) is 0 Å². The van der Waals surface area contributed by atoms with Crippen LogP contribution in [0.15, 0.2) is 11.6 Å². The third-order valence-electron chi connectivity index (χ3n) is 1.20. The molecule has 0 N–H and O–H groups in total. The zero-order valence-electron chi connectivity index (χ0n) is 4.54. The van der Waals surface area contributed by atoms with Crippen molar-refractivity contribution in [1.29, 1.82) is 5.26 Å². The van der Waals surface area contributed by atoms with E-state index in [4.69, 9.17) is 5.26 Å². The Morgan fingerprint density at radius 1 is 1.30 bits per heavy atom. The van der Waals surface area contributed by atoms with Crippen LogP contribution in [0.1, 0.15) is 0 Å². The highest BCUT2D eigenvalue weighted by Gasteiger charge is 2.65. The van der Waals surface area contributed by atoms with Crippen LogP contribution in [-0.2, 0) is 0 Å². The molecule has 1 nitrogen and oxygen atoms in total. The van der Waals surface area contributed by atoms with Gasteiger partial charge >= 0.3 is 11.8 Å². The van der Waals surface area contributed by atoms with Crippen LogP contribution in [0.4, 0.5) is 17.6 Å². The Kier molecular flexibility index (Phi) is 1.07. The molecule has 0 fully saturated rings. The summed E-state index contributed by atoms with van der Waals surface area (Å²) < 4.78 is 47.4. The van der Waals surface area contributed by atoms with E-state index in [9.17, 15) is 17.6 Å². The fourth-order valence-corrected chi connectivity index (χ4v) is 0.567. The summed E-state index contributed by atoms with van der Waals surface area (Å²) in [4.78, 5) is 0. The quantitative estimate of drug-likeness (QED) is 0.483. The number of alkyl halides is 4. The topological polar surface area (TPSA) is 23.8 Å². The molecule has 5 heteroatoms. The molecule has 1 aliphatic carbocycles. The van der Waals surface area contributed by atoms with Gasteiger partial charge in [0, 0.05) is 6.08 Å². The van der Waals surface area contributed by atoms with Crippen molar-refractivity contribution in [2.75, 3.05) is 0 Å². The zero-order valence-corrected chi connectivity index (χ0v) is 4.54. The van der Waals surface area contributed by atoms with E-state index >= 15 is 0 Å². The molecule has 0 saturated carbocycles. The summed E-state index contributed by atoms with van der Waals surface area (Å²) in [7, 11) is 0. The molecule has 0 radical (unpaired) electrons. The molecular weight excluding hydrogens is 150 g/mol.